The third-order valence-electron chi connectivity index (χ3n) is 9.58. The van der Waals surface area contributed by atoms with Crippen LogP contribution in [0.1, 0.15) is 59.8 Å². The van der Waals surface area contributed by atoms with Gasteiger partial charge in [-0.15, -0.1) is 23.2 Å². The molecule has 9 heteroatoms. The van der Waals surface area contributed by atoms with E-state index in [4.69, 9.17) is 32.7 Å². The predicted molar refractivity (Wildman–Crippen MR) is 125 cm³/mol. The second-order valence-electron chi connectivity index (χ2n) is 11.5. The molecular formula is C24H30BrCl2FO5. The number of ketones is 2. The van der Waals surface area contributed by atoms with E-state index in [-0.39, 0.29) is 24.0 Å². The smallest absolute Gasteiger partial charge is 0.215 e. The molecular weight excluding hydrogens is 538 g/mol. The molecule has 3 saturated carbocycles. The molecule has 0 aromatic rings. The van der Waals surface area contributed by atoms with Crippen LogP contribution in [0.25, 0.3) is 0 Å². The lowest BCUT2D eigenvalue weighted by Gasteiger charge is -2.65. The highest BCUT2D eigenvalue weighted by Crippen LogP contribution is 2.73. The third kappa shape index (κ3) is 2.87. The molecule has 33 heavy (non-hydrogen) atoms. The summed E-state index contributed by atoms with van der Waals surface area (Å²) in [5, 5.41) is 9.38. The van der Waals surface area contributed by atoms with Crippen molar-refractivity contribution in [2.45, 2.75) is 98.7 Å². The number of hydrogen-bond donors (Lipinski definition) is 1. The number of fused-ring (bicyclic) bond motifs is 7. The summed E-state index contributed by atoms with van der Waals surface area (Å²) < 4.78 is 27.0. The van der Waals surface area contributed by atoms with E-state index in [1.807, 2.05) is 13.8 Å². The second kappa shape index (κ2) is 7.25. The summed E-state index contributed by atoms with van der Waals surface area (Å²) >= 11 is 17.2. The Hall–Kier alpha value is -0.0500. The molecule has 1 aliphatic heterocycles. The van der Waals surface area contributed by atoms with E-state index < -0.39 is 55.5 Å². The lowest BCUT2D eigenvalue weighted by Crippen LogP contribution is -2.71. The minimum absolute atomic E-state index is 0.0252. The third-order valence-corrected chi connectivity index (χ3v) is 11.4. The fourth-order valence-corrected chi connectivity index (χ4v) is 9.61. The van der Waals surface area contributed by atoms with Gasteiger partial charge in [0.1, 0.15) is 0 Å². The molecule has 4 aliphatic carbocycles. The number of carbonyl (C=O) groups is 2. The van der Waals surface area contributed by atoms with Crippen LogP contribution in [-0.4, -0.2) is 55.6 Å². The maximum atomic E-state index is 14.5. The molecule has 1 saturated heterocycles. The summed E-state index contributed by atoms with van der Waals surface area (Å²) in [6, 6.07) is 0. The SMILES string of the molecule is CC1(C)O[C@@H]2C[C@H]3[C@@H]4C[C@H](Cl)C5=CC(=O)CC[C@]5(C)[C@@]4(Cl)[C@@H](O)C[C@]3(C)[C@]2(C(=O)C(F)Br)O1. The van der Waals surface area contributed by atoms with Gasteiger partial charge >= 0.3 is 0 Å². The first kappa shape index (κ1) is 24.6. The summed E-state index contributed by atoms with van der Waals surface area (Å²) in [5.41, 5.74) is -2.35. The molecule has 0 radical (unpaired) electrons. The summed E-state index contributed by atoms with van der Waals surface area (Å²) in [7, 11) is 0. The van der Waals surface area contributed by atoms with Gasteiger partial charge in [0.05, 0.1) is 22.5 Å². The highest BCUT2D eigenvalue weighted by molar-refractivity contribution is 9.09. The van der Waals surface area contributed by atoms with Crippen molar-refractivity contribution in [3.63, 3.8) is 0 Å². The highest BCUT2D eigenvalue weighted by atomic mass is 79.9. The van der Waals surface area contributed by atoms with E-state index in [9.17, 15) is 19.1 Å². The molecule has 184 valence electrons. The zero-order chi connectivity index (χ0) is 24.4. The van der Waals surface area contributed by atoms with Crippen LogP contribution in [-0.2, 0) is 19.1 Å². The molecule has 4 fully saturated rings. The zero-order valence-corrected chi connectivity index (χ0v) is 22.3. The maximum absolute atomic E-state index is 14.5. The van der Waals surface area contributed by atoms with Crippen molar-refractivity contribution in [2.24, 2.45) is 22.7 Å². The van der Waals surface area contributed by atoms with Gasteiger partial charge in [-0.05, 0) is 78.9 Å². The fraction of sp³-hybridized carbons (Fsp3) is 0.833. The fourth-order valence-electron chi connectivity index (χ4n) is 8.26. The molecule has 1 heterocycles. The second-order valence-corrected chi connectivity index (χ2v) is 13.4. The molecule has 5 rings (SSSR count). The molecule has 0 amide bonds. The lowest BCUT2D eigenvalue weighted by molar-refractivity contribution is -0.223. The van der Waals surface area contributed by atoms with Crippen LogP contribution < -0.4 is 0 Å². The van der Waals surface area contributed by atoms with Crippen LogP contribution in [0.15, 0.2) is 11.6 Å². The average Bonchev–Trinajstić information content (AvgIpc) is 3.11. The molecule has 0 aromatic carbocycles. The van der Waals surface area contributed by atoms with Crippen LogP contribution in [0.5, 0.6) is 0 Å². The standard InChI is InChI=1S/C24H30BrCl2FO5/c1-20(2)32-17-9-12-13-8-15(26)14-7-11(29)5-6-21(14,3)23(13,27)16(30)10-22(12,4)24(17,33-20)18(31)19(25)28/h7,12-13,15-17,19,30H,5-6,8-10H2,1-4H3/t12-,13-,15-,16-,17+,19?,21-,22-,23-,24-/m0/s1. The van der Waals surface area contributed by atoms with Gasteiger partial charge in [-0.3, -0.25) is 9.59 Å². The zero-order valence-electron chi connectivity index (χ0n) is 19.2. The van der Waals surface area contributed by atoms with Gasteiger partial charge in [-0.1, -0.05) is 13.8 Å². The van der Waals surface area contributed by atoms with Gasteiger partial charge in [0.15, 0.2) is 17.2 Å². The molecule has 0 aromatic heterocycles. The van der Waals surface area contributed by atoms with Crippen LogP contribution in [0, 0.1) is 22.7 Å². The largest absolute Gasteiger partial charge is 0.391 e. The normalized spacial score (nSPS) is 53.4. The maximum Gasteiger partial charge on any atom is 0.215 e. The number of ether oxygens (including phenoxy) is 2. The number of carbonyl (C=O) groups excluding carboxylic acids is 2. The number of aliphatic hydroxyl groups excluding tert-OH is 1. The Labute approximate surface area is 211 Å². The topological polar surface area (TPSA) is 72.8 Å². The molecule has 0 bridgehead atoms. The predicted octanol–water partition coefficient (Wildman–Crippen LogP) is 4.83. The minimum atomic E-state index is -1.92. The highest BCUT2D eigenvalue weighted by Gasteiger charge is 2.80. The van der Waals surface area contributed by atoms with Crippen molar-refractivity contribution in [3.05, 3.63) is 11.6 Å². The quantitative estimate of drug-likeness (QED) is 0.484. The van der Waals surface area contributed by atoms with Gasteiger partial charge in [0.2, 0.25) is 10.9 Å². The molecule has 1 N–H and O–H groups in total. The van der Waals surface area contributed by atoms with E-state index in [2.05, 4.69) is 15.9 Å². The van der Waals surface area contributed by atoms with E-state index in [0.29, 0.717) is 25.7 Å². The molecule has 5 nitrogen and oxygen atoms in total. The van der Waals surface area contributed by atoms with Gasteiger partial charge in [0.25, 0.3) is 0 Å². The van der Waals surface area contributed by atoms with E-state index in [0.717, 1.165) is 5.57 Å². The van der Waals surface area contributed by atoms with Crippen molar-refractivity contribution in [2.75, 3.05) is 0 Å². The molecule has 10 atom stereocenters. The van der Waals surface area contributed by atoms with Crippen LogP contribution in [0.4, 0.5) is 4.39 Å². The van der Waals surface area contributed by atoms with Crippen LogP contribution >= 0.6 is 39.1 Å². The minimum Gasteiger partial charge on any atom is -0.391 e. The molecule has 0 spiro atoms. The average molecular weight is 568 g/mol. The number of rotatable bonds is 2. The number of hydrogen-bond acceptors (Lipinski definition) is 5. The first-order valence-electron chi connectivity index (χ1n) is 11.6. The van der Waals surface area contributed by atoms with Gasteiger partial charge in [-0.25, -0.2) is 4.39 Å². The summed E-state index contributed by atoms with van der Waals surface area (Å²) in [6.07, 6.45) is 1.84. The molecule has 5 aliphatic rings. The Morgan fingerprint density at radius 1 is 1.27 bits per heavy atom. The van der Waals surface area contributed by atoms with Crippen molar-refractivity contribution >= 4 is 50.7 Å². The molecule has 1 unspecified atom stereocenters. The number of halogens is 4. The number of alkyl halides is 4. The monoisotopic (exact) mass is 566 g/mol. The number of allylic oxidation sites excluding steroid dienone is 1. The Morgan fingerprint density at radius 3 is 2.58 bits per heavy atom. The van der Waals surface area contributed by atoms with Crippen molar-refractivity contribution in [3.8, 4) is 0 Å². The van der Waals surface area contributed by atoms with Crippen molar-refractivity contribution in [1.29, 1.82) is 0 Å². The van der Waals surface area contributed by atoms with Crippen molar-refractivity contribution < 1.29 is 28.6 Å². The van der Waals surface area contributed by atoms with E-state index >= 15 is 0 Å². The first-order valence-corrected chi connectivity index (χ1v) is 13.3. The van der Waals surface area contributed by atoms with E-state index in [1.165, 1.54) is 0 Å². The van der Waals surface area contributed by atoms with Gasteiger partial charge in [0, 0.05) is 17.3 Å². The Bertz CT molecular complexity index is 957. The van der Waals surface area contributed by atoms with Crippen LogP contribution in [0.3, 0.4) is 0 Å². The van der Waals surface area contributed by atoms with Gasteiger partial charge in [-0.2, -0.15) is 0 Å². The first-order chi connectivity index (χ1) is 15.1. The number of Topliss-reactive ketones (excluding diaryl/α,β-unsaturated/α-hetero) is 1. The number of aliphatic hydroxyl groups is 1. The van der Waals surface area contributed by atoms with Crippen molar-refractivity contribution in [1.82, 2.24) is 0 Å². The van der Waals surface area contributed by atoms with E-state index in [1.54, 1.807) is 19.9 Å². The summed E-state index contributed by atoms with van der Waals surface area (Å²) in [5.74, 6) is -2.22. The Balaban J connectivity index is 1.66. The summed E-state index contributed by atoms with van der Waals surface area (Å²) in [4.78, 5) is 24.6. The Kier molecular flexibility index (Phi) is 5.42. The summed E-state index contributed by atoms with van der Waals surface area (Å²) in [6.45, 7) is 7.33. The van der Waals surface area contributed by atoms with Crippen LogP contribution in [0.2, 0.25) is 0 Å². The Morgan fingerprint density at radius 2 is 1.94 bits per heavy atom. The van der Waals surface area contributed by atoms with Gasteiger partial charge < -0.3 is 14.6 Å². The lowest BCUT2D eigenvalue weighted by atomic mass is 9.44.